The van der Waals surface area contributed by atoms with E-state index in [-0.39, 0.29) is 11.1 Å². The van der Waals surface area contributed by atoms with Crippen molar-refractivity contribution in [3.8, 4) is 56.4 Å². The smallest absolute Gasteiger partial charge is 0.335 e. The summed E-state index contributed by atoms with van der Waals surface area (Å²) in [7, 11) is 0. The van der Waals surface area contributed by atoms with Crippen LogP contribution in [0, 0.1) is 0 Å². The molecule has 0 radical (unpaired) electrons. The number of fused-ring (bicyclic) bond motifs is 4. The van der Waals surface area contributed by atoms with Crippen molar-refractivity contribution in [2.45, 2.75) is 0 Å². The minimum absolute atomic E-state index is 0.143. The van der Waals surface area contributed by atoms with Gasteiger partial charge >= 0.3 is 11.9 Å². The zero-order chi connectivity index (χ0) is 40.7. The summed E-state index contributed by atoms with van der Waals surface area (Å²) in [5.74, 6) is -0.0291. The average molecular weight is 779 g/mol. The second-order valence-corrected chi connectivity index (χ2v) is 14.6. The predicted molar refractivity (Wildman–Crippen MR) is 240 cm³/mol. The maximum absolute atomic E-state index is 12.4. The van der Waals surface area contributed by atoms with E-state index in [9.17, 15) is 19.8 Å². The molecule has 0 spiro atoms. The summed E-state index contributed by atoms with van der Waals surface area (Å²) in [4.78, 5) is 24.7. The molecule has 0 amide bonds. The Hall–Kier alpha value is -8.22. The largest absolute Gasteiger partial charge is 0.478 e. The van der Waals surface area contributed by atoms with E-state index in [0.29, 0.717) is 34.1 Å². The van der Waals surface area contributed by atoms with Crippen molar-refractivity contribution >= 4 is 55.0 Å². The molecule has 10 aromatic carbocycles. The van der Waals surface area contributed by atoms with Gasteiger partial charge in [-0.25, -0.2) is 9.59 Å². The molecule has 2 N–H and O–H groups in total. The molecule has 60 heavy (non-hydrogen) atoms. The summed E-state index contributed by atoms with van der Waals surface area (Å²) in [6, 6.07) is 62.0. The van der Waals surface area contributed by atoms with E-state index < -0.39 is 11.9 Å². The van der Waals surface area contributed by atoms with Crippen molar-refractivity contribution in [3.05, 3.63) is 205 Å². The molecule has 10 rings (SSSR count). The van der Waals surface area contributed by atoms with Crippen LogP contribution in [0.4, 0.5) is 0 Å². The molecule has 0 aromatic heterocycles. The quantitative estimate of drug-likeness (QED) is 0.152. The Kier molecular flexibility index (Phi) is 9.00. The molecule has 0 heterocycles. The second-order valence-electron chi connectivity index (χ2n) is 14.6. The van der Waals surface area contributed by atoms with E-state index in [2.05, 4.69) is 24.3 Å². The fourth-order valence-electron chi connectivity index (χ4n) is 8.27. The molecular formula is C54H34O6. The first-order valence-electron chi connectivity index (χ1n) is 19.5. The molecule has 0 atom stereocenters. The number of hydrogen-bond donors (Lipinski definition) is 2. The fourth-order valence-corrected chi connectivity index (χ4v) is 8.27. The van der Waals surface area contributed by atoms with Crippen LogP contribution >= 0.6 is 0 Å². The van der Waals surface area contributed by atoms with Gasteiger partial charge in [0, 0.05) is 22.3 Å². The van der Waals surface area contributed by atoms with Crippen molar-refractivity contribution in [3.63, 3.8) is 0 Å². The highest BCUT2D eigenvalue weighted by Crippen LogP contribution is 2.50. The fraction of sp³-hybridized carbons (Fsp3) is 0. The van der Waals surface area contributed by atoms with Crippen molar-refractivity contribution in [2.24, 2.45) is 0 Å². The standard InChI is InChI=1S/C54H34O6/c55-53(56)37-25-27-47(45(31-37)43-21-9-15-33-11-1-5-17-39(33)43)59-49-29-23-35-13-3-7-19-41(35)51(49)52-42-20-8-4-14-36(42)24-30-50(52)60-48-28-26-38(54(57)58)32-46(48)44-22-10-16-34-12-2-6-18-40(34)44/h1-32H,(H,55,56)(H,57,58). The summed E-state index contributed by atoms with van der Waals surface area (Å²) < 4.78 is 14.1. The van der Waals surface area contributed by atoms with Crippen molar-refractivity contribution < 1.29 is 29.3 Å². The summed E-state index contributed by atoms with van der Waals surface area (Å²) in [6.45, 7) is 0. The molecule has 286 valence electrons. The van der Waals surface area contributed by atoms with E-state index in [4.69, 9.17) is 9.47 Å². The normalized spacial score (nSPS) is 11.3. The van der Waals surface area contributed by atoms with Gasteiger partial charge in [0.1, 0.15) is 23.0 Å². The number of aromatic carboxylic acids is 2. The number of carbonyl (C=O) groups is 2. The third-order valence-corrected chi connectivity index (χ3v) is 11.1. The van der Waals surface area contributed by atoms with Crippen molar-refractivity contribution in [2.75, 3.05) is 0 Å². The van der Waals surface area contributed by atoms with Crippen LogP contribution in [-0.2, 0) is 0 Å². The third kappa shape index (κ3) is 6.42. The Morgan fingerprint density at radius 3 is 1.05 bits per heavy atom. The Morgan fingerprint density at radius 1 is 0.317 bits per heavy atom. The van der Waals surface area contributed by atoms with Gasteiger partial charge in [-0.2, -0.15) is 0 Å². The molecule has 0 saturated carbocycles. The van der Waals surface area contributed by atoms with E-state index >= 15 is 0 Å². The van der Waals surface area contributed by atoms with Gasteiger partial charge in [0.25, 0.3) is 0 Å². The van der Waals surface area contributed by atoms with Gasteiger partial charge in [-0.05, 0) is 103 Å². The summed E-state index contributed by atoms with van der Waals surface area (Å²) in [6.07, 6.45) is 0. The zero-order valence-electron chi connectivity index (χ0n) is 32.0. The number of benzene rings is 10. The van der Waals surface area contributed by atoms with Crippen molar-refractivity contribution in [1.29, 1.82) is 0 Å². The zero-order valence-corrected chi connectivity index (χ0v) is 32.0. The maximum Gasteiger partial charge on any atom is 0.335 e. The number of carboxylic acid groups (broad SMARTS) is 2. The second kappa shape index (κ2) is 14.9. The Balaban J connectivity index is 1.21. The average Bonchev–Trinajstić information content (AvgIpc) is 3.29. The van der Waals surface area contributed by atoms with Gasteiger partial charge in [0.2, 0.25) is 0 Å². The third-order valence-electron chi connectivity index (χ3n) is 11.1. The highest BCUT2D eigenvalue weighted by atomic mass is 16.5. The Labute approximate surface area is 344 Å². The van der Waals surface area contributed by atoms with E-state index in [1.165, 1.54) is 0 Å². The lowest BCUT2D eigenvalue weighted by atomic mass is 9.92. The first-order valence-corrected chi connectivity index (χ1v) is 19.5. The number of rotatable bonds is 9. The lowest BCUT2D eigenvalue weighted by Crippen LogP contribution is -2.00. The predicted octanol–water partition coefficient (Wildman–Crippen LogP) is 14.3. The van der Waals surface area contributed by atoms with Crippen LogP contribution in [0.25, 0.3) is 76.5 Å². The molecule has 0 aliphatic rings. The molecule has 10 aromatic rings. The highest BCUT2D eigenvalue weighted by Gasteiger charge is 2.23. The minimum atomic E-state index is -1.04. The number of carboxylic acids is 2. The van der Waals surface area contributed by atoms with Crippen LogP contribution in [0.5, 0.6) is 23.0 Å². The van der Waals surface area contributed by atoms with Crippen molar-refractivity contribution in [1.82, 2.24) is 0 Å². The van der Waals surface area contributed by atoms with Gasteiger partial charge in [-0.15, -0.1) is 0 Å². The maximum atomic E-state index is 12.4. The van der Waals surface area contributed by atoms with Gasteiger partial charge in [0.05, 0.1) is 11.1 Å². The lowest BCUT2D eigenvalue weighted by molar-refractivity contribution is 0.0686. The van der Waals surface area contributed by atoms with Crippen LogP contribution in [0.2, 0.25) is 0 Å². The number of ether oxygens (including phenoxy) is 2. The molecule has 6 heteroatoms. The molecule has 0 bridgehead atoms. The summed E-state index contributed by atoms with van der Waals surface area (Å²) in [5.41, 5.74) is 4.80. The van der Waals surface area contributed by atoms with Crippen LogP contribution < -0.4 is 9.47 Å². The molecule has 6 nitrogen and oxygen atoms in total. The van der Waals surface area contributed by atoms with E-state index in [1.807, 2.05) is 133 Å². The molecule has 0 aliphatic heterocycles. The Morgan fingerprint density at radius 2 is 0.650 bits per heavy atom. The highest BCUT2D eigenvalue weighted by molar-refractivity contribution is 6.10. The van der Waals surface area contributed by atoms with Crippen LogP contribution in [0.15, 0.2) is 194 Å². The topological polar surface area (TPSA) is 93.1 Å². The van der Waals surface area contributed by atoms with Crippen LogP contribution in [0.1, 0.15) is 20.7 Å². The molecule has 0 saturated heterocycles. The summed E-state index contributed by atoms with van der Waals surface area (Å²) in [5, 5.41) is 28.0. The lowest BCUT2D eigenvalue weighted by Gasteiger charge is -2.22. The van der Waals surface area contributed by atoms with Gasteiger partial charge in [-0.3, -0.25) is 0 Å². The molecule has 0 unspecified atom stereocenters. The first kappa shape index (κ1) is 36.1. The van der Waals surface area contributed by atoms with Gasteiger partial charge in [0.15, 0.2) is 0 Å². The Bertz CT molecular complexity index is 3110. The molecule has 0 aliphatic carbocycles. The monoisotopic (exact) mass is 778 g/mol. The summed E-state index contributed by atoms with van der Waals surface area (Å²) >= 11 is 0. The molecule has 0 fully saturated rings. The number of hydrogen-bond acceptors (Lipinski definition) is 4. The van der Waals surface area contributed by atoms with E-state index in [0.717, 1.165) is 65.3 Å². The van der Waals surface area contributed by atoms with E-state index in [1.54, 1.807) is 36.4 Å². The minimum Gasteiger partial charge on any atom is -0.478 e. The SMILES string of the molecule is O=C(O)c1ccc(Oc2ccc3ccccc3c2-c2c(Oc3ccc(C(=O)O)cc3-c3cccc4ccccc34)ccc3ccccc23)c(-c2cccc3ccccc23)c1. The first-order chi connectivity index (χ1) is 29.4. The van der Waals surface area contributed by atoms with Gasteiger partial charge in [-0.1, -0.05) is 146 Å². The van der Waals surface area contributed by atoms with Crippen LogP contribution in [0.3, 0.4) is 0 Å². The molecular weight excluding hydrogens is 745 g/mol. The van der Waals surface area contributed by atoms with Gasteiger partial charge < -0.3 is 19.7 Å². The van der Waals surface area contributed by atoms with Crippen LogP contribution in [-0.4, -0.2) is 22.2 Å².